The van der Waals surface area contributed by atoms with Gasteiger partial charge in [0.25, 0.3) is 0 Å². The molecule has 0 aliphatic heterocycles. The van der Waals surface area contributed by atoms with Crippen molar-refractivity contribution in [2.75, 3.05) is 13.2 Å². The lowest BCUT2D eigenvalue weighted by Gasteiger charge is -2.58. The van der Waals surface area contributed by atoms with E-state index in [1.54, 1.807) is 0 Å². The van der Waals surface area contributed by atoms with Gasteiger partial charge in [0.2, 0.25) is 0 Å². The number of carbonyl (C=O) groups is 2. The Morgan fingerprint density at radius 3 is 2.73 bits per heavy atom. The molecular formula is C25H36O5. The van der Waals surface area contributed by atoms with Crippen LogP contribution in [0.2, 0.25) is 0 Å². The normalized spacial score (nSPS) is 42.2. The Morgan fingerprint density at radius 2 is 2.03 bits per heavy atom. The molecule has 0 spiro atoms. The van der Waals surface area contributed by atoms with Gasteiger partial charge in [-0.05, 0) is 79.3 Å². The van der Waals surface area contributed by atoms with Crippen LogP contribution in [0.1, 0.15) is 66.2 Å². The molecule has 0 saturated heterocycles. The maximum atomic E-state index is 12.9. The molecule has 4 rings (SSSR count). The van der Waals surface area contributed by atoms with Crippen molar-refractivity contribution in [2.45, 2.75) is 72.3 Å². The van der Waals surface area contributed by atoms with Crippen molar-refractivity contribution < 1.29 is 24.2 Å². The molecule has 0 aromatic heterocycles. The standard InChI is InChI=1S/C25H36O5/c1-5-29-17-10-11-24(3)16(12-17)6-7-18-19-8-9-20(22(28)14-30-15(2)26)25(19,4)13-21(27)23(18)24/h6,12,18-21,23,27H,5,7-11,13-14H2,1-4H3/t18-,19-,20+,21-,23+,24-,25-/m0/s1. The lowest BCUT2D eigenvalue weighted by Crippen LogP contribution is -2.56. The predicted octanol–water partition coefficient (Wildman–Crippen LogP) is 4.20. The fraction of sp³-hybridized carbons (Fsp3) is 0.760. The zero-order valence-corrected chi connectivity index (χ0v) is 18.8. The summed E-state index contributed by atoms with van der Waals surface area (Å²) >= 11 is 0. The number of rotatable bonds is 5. The zero-order chi connectivity index (χ0) is 21.7. The summed E-state index contributed by atoms with van der Waals surface area (Å²) in [5.74, 6) is 1.56. The van der Waals surface area contributed by atoms with E-state index in [-0.39, 0.29) is 35.1 Å². The Kier molecular flexibility index (Phi) is 5.63. The number of carbonyl (C=O) groups excluding carboxylic acids is 2. The first-order chi connectivity index (χ1) is 14.2. The minimum Gasteiger partial charge on any atom is -0.498 e. The number of allylic oxidation sites excluding steroid dienone is 4. The zero-order valence-electron chi connectivity index (χ0n) is 18.8. The smallest absolute Gasteiger partial charge is 0.303 e. The molecule has 4 aliphatic rings. The van der Waals surface area contributed by atoms with Gasteiger partial charge in [0, 0.05) is 19.3 Å². The largest absolute Gasteiger partial charge is 0.498 e. The van der Waals surface area contributed by atoms with Crippen LogP contribution in [-0.4, -0.2) is 36.2 Å². The van der Waals surface area contributed by atoms with E-state index < -0.39 is 12.1 Å². The Hall–Kier alpha value is -1.62. The van der Waals surface area contributed by atoms with Gasteiger partial charge in [-0.1, -0.05) is 19.9 Å². The number of fused-ring (bicyclic) bond motifs is 5. The van der Waals surface area contributed by atoms with Crippen molar-refractivity contribution in [3.05, 3.63) is 23.5 Å². The molecule has 2 saturated carbocycles. The molecule has 30 heavy (non-hydrogen) atoms. The number of aliphatic hydroxyl groups excluding tert-OH is 1. The first-order valence-corrected chi connectivity index (χ1v) is 11.6. The number of hydrogen-bond acceptors (Lipinski definition) is 5. The topological polar surface area (TPSA) is 72.8 Å². The van der Waals surface area contributed by atoms with Gasteiger partial charge in [0.05, 0.1) is 18.5 Å². The van der Waals surface area contributed by atoms with E-state index in [0.29, 0.717) is 24.9 Å². The Bertz CT molecular complexity index is 782. The van der Waals surface area contributed by atoms with Crippen molar-refractivity contribution in [2.24, 2.45) is 34.5 Å². The predicted molar refractivity (Wildman–Crippen MR) is 113 cm³/mol. The van der Waals surface area contributed by atoms with Crippen LogP contribution in [0.4, 0.5) is 0 Å². The van der Waals surface area contributed by atoms with Gasteiger partial charge in [0.15, 0.2) is 5.78 Å². The quantitative estimate of drug-likeness (QED) is 0.680. The monoisotopic (exact) mass is 416 g/mol. The Morgan fingerprint density at radius 1 is 1.27 bits per heavy atom. The van der Waals surface area contributed by atoms with Crippen molar-refractivity contribution in [1.82, 2.24) is 0 Å². The maximum absolute atomic E-state index is 12.9. The van der Waals surface area contributed by atoms with Crippen LogP contribution in [0.15, 0.2) is 23.5 Å². The second-order valence-electron chi connectivity index (χ2n) is 10.3. The average Bonchev–Trinajstić information content (AvgIpc) is 3.02. The average molecular weight is 417 g/mol. The van der Waals surface area contributed by atoms with E-state index in [1.165, 1.54) is 12.5 Å². The van der Waals surface area contributed by atoms with E-state index in [4.69, 9.17) is 9.47 Å². The third-order valence-electron chi connectivity index (χ3n) is 8.80. The van der Waals surface area contributed by atoms with Crippen molar-refractivity contribution in [3.8, 4) is 0 Å². The summed E-state index contributed by atoms with van der Waals surface area (Å²) < 4.78 is 10.8. The van der Waals surface area contributed by atoms with Gasteiger partial charge in [-0.15, -0.1) is 0 Å². The van der Waals surface area contributed by atoms with Gasteiger partial charge in [-0.2, -0.15) is 0 Å². The lowest BCUT2D eigenvalue weighted by molar-refractivity contribution is -0.152. The lowest BCUT2D eigenvalue weighted by atomic mass is 9.47. The SMILES string of the molecule is CCOC1=CC2=CC[C@@H]3[C@H]([C@@H](O)C[C@]4(C)[C@@H](C(=O)COC(C)=O)CC[C@@H]34)[C@@]2(C)CC1. The third-order valence-corrected chi connectivity index (χ3v) is 8.80. The first kappa shape index (κ1) is 21.6. The van der Waals surface area contributed by atoms with Gasteiger partial charge in [0.1, 0.15) is 6.61 Å². The van der Waals surface area contributed by atoms with Crippen LogP contribution in [0, 0.1) is 34.5 Å². The number of esters is 1. The Labute approximate surface area is 179 Å². The van der Waals surface area contributed by atoms with E-state index in [1.807, 2.05) is 6.92 Å². The highest BCUT2D eigenvalue weighted by atomic mass is 16.5. The number of ketones is 1. The van der Waals surface area contributed by atoms with Gasteiger partial charge >= 0.3 is 5.97 Å². The van der Waals surface area contributed by atoms with Crippen molar-refractivity contribution in [3.63, 3.8) is 0 Å². The second-order valence-corrected chi connectivity index (χ2v) is 10.3. The molecule has 0 bridgehead atoms. The molecule has 0 aromatic carbocycles. The van der Waals surface area contributed by atoms with E-state index in [9.17, 15) is 14.7 Å². The summed E-state index contributed by atoms with van der Waals surface area (Å²) in [6, 6.07) is 0. The molecule has 2 fully saturated rings. The summed E-state index contributed by atoms with van der Waals surface area (Å²) in [7, 11) is 0. The molecule has 0 aromatic rings. The summed E-state index contributed by atoms with van der Waals surface area (Å²) in [4.78, 5) is 24.0. The van der Waals surface area contributed by atoms with Crippen LogP contribution in [-0.2, 0) is 19.1 Å². The maximum Gasteiger partial charge on any atom is 0.303 e. The van der Waals surface area contributed by atoms with Gasteiger partial charge in [-0.25, -0.2) is 0 Å². The minimum atomic E-state index is -0.422. The fourth-order valence-electron chi connectivity index (χ4n) is 7.54. The summed E-state index contributed by atoms with van der Waals surface area (Å²) in [6.07, 6.45) is 9.53. The first-order valence-electron chi connectivity index (χ1n) is 11.6. The molecule has 4 aliphatic carbocycles. The highest BCUT2D eigenvalue weighted by Gasteiger charge is 2.62. The molecule has 0 unspecified atom stereocenters. The van der Waals surface area contributed by atoms with Crippen LogP contribution < -0.4 is 0 Å². The fourth-order valence-corrected chi connectivity index (χ4v) is 7.54. The molecule has 5 heteroatoms. The summed E-state index contributed by atoms with van der Waals surface area (Å²) in [6.45, 7) is 8.41. The highest BCUT2D eigenvalue weighted by Crippen LogP contribution is 2.66. The molecule has 1 N–H and O–H groups in total. The number of Topliss-reactive ketones (excluding diaryl/α,β-unsaturated/α-hetero) is 1. The second kappa shape index (κ2) is 7.81. The highest BCUT2D eigenvalue weighted by molar-refractivity contribution is 5.85. The van der Waals surface area contributed by atoms with Crippen LogP contribution in [0.5, 0.6) is 0 Å². The summed E-state index contributed by atoms with van der Waals surface area (Å²) in [5.41, 5.74) is 1.06. The molecule has 0 radical (unpaired) electrons. The van der Waals surface area contributed by atoms with Crippen LogP contribution >= 0.6 is 0 Å². The van der Waals surface area contributed by atoms with E-state index in [2.05, 4.69) is 26.0 Å². The van der Waals surface area contributed by atoms with Gasteiger partial charge < -0.3 is 14.6 Å². The molecule has 0 heterocycles. The molecule has 0 amide bonds. The minimum absolute atomic E-state index is 0.0149. The van der Waals surface area contributed by atoms with E-state index >= 15 is 0 Å². The number of aliphatic hydroxyl groups is 1. The van der Waals surface area contributed by atoms with Crippen LogP contribution in [0.25, 0.3) is 0 Å². The number of ether oxygens (including phenoxy) is 2. The molecular weight excluding hydrogens is 380 g/mol. The molecule has 5 nitrogen and oxygen atoms in total. The molecule has 166 valence electrons. The van der Waals surface area contributed by atoms with Crippen molar-refractivity contribution in [1.29, 1.82) is 0 Å². The number of hydrogen-bond donors (Lipinski definition) is 1. The van der Waals surface area contributed by atoms with Gasteiger partial charge in [-0.3, -0.25) is 9.59 Å². The van der Waals surface area contributed by atoms with Crippen molar-refractivity contribution >= 4 is 11.8 Å². The van der Waals surface area contributed by atoms with E-state index in [0.717, 1.165) is 37.9 Å². The Balaban J connectivity index is 1.60. The van der Waals surface area contributed by atoms with Crippen LogP contribution in [0.3, 0.4) is 0 Å². The molecule has 7 atom stereocenters. The third kappa shape index (κ3) is 3.34. The summed E-state index contributed by atoms with van der Waals surface area (Å²) in [5, 5.41) is 11.4.